The second kappa shape index (κ2) is 4.13. The van der Waals surface area contributed by atoms with Crippen LogP contribution in [0, 0.1) is 0 Å². The van der Waals surface area contributed by atoms with Gasteiger partial charge in [-0.3, -0.25) is 4.79 Å². The number of hydrogen-bond donors (Lipinski definition) is 2. The molecule has 0 spiro atoms. The molecule has 1 fully saturated rings. The molecule has 2 aromatic rings. The Hall–Kier alpha value is -2.23. The second-order valence-corrected chi connectivity index (χ2v) is 5.62. The molecule has 102 valence electrons. The van der Waals surface area contributed by atoms with Gasteiger partial charge in [0.05, 0.1) is 5.69 Å². The molecule has 0 saturated carbocycles. The summed E-state index contributed by atoms with van der Waals surface area (Å²) in [5.74, 6) is 0.731. The molecule has 1 saturated heterocycles. The van der Waals surface area contributed by atoms with E-state index < -0.39 is 0 Å². The number of pyridine rings is 1. The van der Waals surface area contributed by atoms with Gasteiger partial charge in [0.15, 0.2) is 0 Å². The number of aromatic nitrogens is 1. The summed E-state index contributed by atoms with van der Waals surface area (Å²) in [6.07, 6.45) is 2.25. The van der Waals surface area contributed by atoms with Gasteiger partial charge in [-0.1, -0.05) is 12.1 Å². The van der Waals surface area contributed by atoms with Crippen LogP contribution in [0.5, 0.6) is 5.75 Å². The van der Waals surface area contributed by atoms with Crippen LogP contribution in [0.25, 0.3) is 11.1 Å². The predicted molar refractivity (Wildman–Crippen MR) is 78.4 cm³/mol. The van der Waals surface area contributed by atoms with Crippen LogP contribution in [-0.4, -0.2) is 23.2 Å². The first-order valence-electron chi connectivity index (χ1n) is 7.04. The number of rotatable bonds is 1. The maximum absolute atomic E-state index is 12.0. The van der Waals surface area contributed by atoms with Gasteiger partial charge < -0.3 is 15.0 Å². The maximum atomic E-state index is 12.0. The molecule has 0 amide bonds. The smallest absolute Gasteiger partial charge is 0.248 e. The minimum atomic E-state index is -0.0411. The van der Waals surface area contributed by atoms with Crippen LogP contribution in [0.3, 0.4) is 0 Å². The van der Waals surface area contributed by atoms with Gasteiger partial charge in [-0.25, -0.2) is 0 Å². The second-order valence-electron chi connectivity index (χ2n) is 5.62. The highest BCUT2D eigenvalue weighted by atomic mass is 16.3. The average Bonchev–Trinajstić information content (AvgIpc) is 2.48. The first-order valence-corrected chi connectivity index (χ1v) is 7.04. The Labute approximate surface area is 116 Å². The standard InChI is InChI=1S/C16H16N2O2/c19-12-3-1-10(2-4-12)13-9-14(20)17-15-11-5-7-18(8-6-11)16(13)15/h1-4,9,11,19H,5-8H2,(H,17,20). The van der Waals surface area contributed by atoms with Gasteiger partial charge in [0.1, 0.15) is 5.75 Å². The van der Waals surface area contributed by atoms with Crippen molar-refractivity contribution in [1.29, 1.82) is 0 Å². The Morgan fingerprint density at radius 3 is 2.55 bits per heavy atom. The predicted octanol–water partition coefficient (Wildman–Crippen LogP) is 2.44. The van der Waals surface area contributed by atoms with Crippen molar-refractivity contribution in [2.75, 3.05) is 18.0 Å². The Bertz CT molecular complexity index is 710. The zero-order valence-electron chi connectivity index (χ0n) is 11.1. The van der Waals surface area contributed by atoms with Crippen LogP contribution < -0.4 is 10.5 Å². The highest BCUT2D eigenvalue weighted by molar-refractivity contribution is 5.81. The zero-order chi connectivity index (χ0) is 13.7. The number of anilines is 1. The first-order chi connectivity index (χ1) is 9.72. The van der Waals surface area contributed by atoms with E-state index in [9.17, 15) is 9.90 Å². The number of benzene rings is 1. The number of phenolic OH excluding ortho intramolecular Hbond substituents is 1. The quantitative estimate of drug-likeness (QED) is 0.835. The Balaban J connectivity index is 1.96. The number of hydrogen-bond acceptors (Lipinski definition) is 3. The monoisotopic (exact) mass is 268 g/mol. The van der Waals surface area contributed by atoms with Gasteiger partial charge in [0.25, 0.3) is 0 Å². The van der Waals surface area contributed by atoms with Crippen molar-refractivity contribution in [3.63, 3.8) is 0 Å². The van der Waals surface area contributed by atoms with Crippen molar-refractivity contribution in [2.24, 2.45) is 0 Å². The molecule has 0 aliphatic carbocycles. The third kappa shape index (κ3) is 1.64. The summed E-state index contributed by atoms with van der Waals surface area (Å²) in [5.41, 5.74) is 4.20. The minimum Gasteiger partial charge on any atom is -0.508 e. The van der Waals surface area contributed by atoms with E-state index in [2.05, 4.69) is 9.88 Å². The third-order valence-corrected chi connectivity index (χ3v) is 4.44. The molecule has 3 aliphatic rings. The number of aromatic hydroxyl groups is 1. The SMILES string of the molecule is O=c1cc(-c2ccc(O)cc2)c2c([nH]1)C1CCN2CC1. The molecular formula is C16H16N2O2. The van der Waals surface area contributed by atoms with Crippen molar-refractivity contribution in [3.05, 3.63) is 46.4 Å². The number of phenols is 1. The molecule has 0 radical (unpaired) electrons. The van der Waals surface area contributed by atoms with E-state index in [-0.39, 0.29) is 11.3 Å². The van der Waals surface area contributed by atoms with E-state index in [1.807, 2.05) is 12.1 Å². The molecule has 1 aromatic heterocycles. The van der Waals surface area contributed by atoms with Crippen molar-refractivity contribution >= 4 is 5.69 Å². The number of fused-ring (bicyclic) bond motifs is 2. The zero-order valence-corrected chi connectivity index (χ0v) is 11.1. The van der Waals surface area contributed by atoms with Gasteiger partial charge in [0, 0.05) is 36.3 Å². The van der Waals surface area contributed by atoms with E-state index in [1.54, 1.807) is 18.2 Å². The van der Waals surface area contributed by atoms with E-state index >= 15 is 0 Å². The molecule has 1 aromatic carbocycles. The summed E-state index contributed by atoms with van der Waals surface area (Å²) in [7, 11) is 0. The molecular weight excluding hydrogens is 252 g/mol. The van der Waals surface area contributed by atoms with Gasteiger partial charge in [-0.05, 0) is 30.5 Å². The van der Waals surface area contributed by atoms with Crippen LogP contribution in [0.2, 0.25) is 0 Å². The largest absolute Gasteiger partial charge is 0.508 e. The van der Waals surface area contributed by atoms with Crippen LogP contribution in [0.4, 0.5) is 5.69 Å². The summed E-state index contributed by atoms with van der Waals surface area (Å²) >= 11 is 0. The highest BCUT2D eigenvalue weighted by Gasteiger charge is 2.33. The normalized spacial score (nSPS) is 17.3. The lowest BCUT2D eigenvalue weighted by Crippen LogP contribution is -2.40. The Morgan fingerprint density at radius 2 is 1.85 bits per heavy atom. The summed E-state index contributed by atoms with van der Waals surface area (Å²) in [6, 6.07) is 8.74. The van der Waals surface area contributed by atoms with Gasteiger partial charge in [-0.15, -0.1) is 0 Å². The molecule has 4 nitrogen and oxygen atoms in total. The number of H-pyrrole nitrogens is 1. The van der Waals surface area contributed by atoms with Gasteiger partial charge in [0.2, 0.25) is 5.56 Å². The lowest BCUT2D eigenvalue weighted by atomic mass is 9.84. The Morgan fingerprint density at radius 1 is 1.15 bits per heavy atom. The first kappa shape index (κ1) is 11.6. The number of piperidine rings is 1. The van der Waals surface area contributed by atoms with Gasteiger partial charge >= 0.3 is 0 Å². The number of aromatic amines is 1. The lowest BCUT2D eigenvalue weighted by Gasteiger charge is -2.42. The van der Waals surface area contributed by atoms with Crippen LogP contribution >= 0.6 is 0 Å². The molecule has 2 bridgehead atoms. The molecule has 5 rings (SSSR count). The summed E-state index contributed by atoms with van der Waals surface area (Å²) in [5, 5.41) is 9.42. The van der Waals surface area contributed by atoms with Crippen LogP contribution in [0.1, 0.15) is 24.5 Å². The highest BCUT2D eigenvalue weighted by Crippen LogP contribution is 2.45. The van der Waals surface area contributed by atoms with Crippen molar-refractivity contribution < 1.29 is 5.11 Å². The molecule has 4 heteroatoms. The fourth-order valence-corrected chi connectivity index (χ4v) is 3.46. The van der Waals surface area contributed by atoms with E-state index in [4.69, 9.17) is 0 Å². The van der Waals surface area contributed by atoms with E-state index in [0.29, 0.717) is 5.92 Å². The topological polar surface area (TPSA) is 56.3 Å². The fraction of sp³-hybridized carbons (Fsp3) is 0.312. The van der Waals surface area contributed by atoms with Crippen molar-refractivity contribution in [1.82, 2.24) is 4.98 Å². The molecule has 4 heterocycles. The van der Waals surface area contributed by atoms with Crippen LogP contribution in [-0.2, 0) is 0 Å². The third-order valence-electron chi connectivity index (χ3n) is 4.44. The van der Waals surface area contributed by atoms with E-state index in [1.165, 1.54) is 5.69 Å². The molecule has 2 N–H and O–H groups in total. The molecule has 20 heavy (non-hydrogen) atoms. The van der Waals surface area contributed by atoms with Crippen molar-refractivity contribution in [3.8, 4) is 16.9 Å². The van der Waals surface area contributed by atoms with E-state index in [0.717, 1.165) is 42.8 Å². The average molecular weight is 268 g/mol. The van der Waals surface area contributed by atoms with Gasteiger partial charge in [-0.2, -0.15) is 0 Å². The number of nitrogens with zero attached hydrogens (tertiary/aromatic N) is 1. The minimum absolute atomic E-state index is 0.0411. The number of nitrogens with one attached hydrogen (secondary N) is 1. The summed E-state index contributed by atoms with van der Waals surface area (Å²) in [4.78, 5) is 17.4. The fourth-order valence-electron chi connectivity index (χ4n) is 3.46. The molecule has 0 unspecified atom stereocenters. The Kier molecular flexibility index (Phi) is 2.39. The summed E-state index contributed by atoms with van der Waals surface area (Å²) in [6.45, 7) is 2.13. The molecule has 3 aliphatic heterocycles. The van der Waals surface area contributed by atoms with Crippen molar-refractivity contribution in [2.45, 2.75) is 18.8 Å². The summed E-state index contributed by atoms with van der Waals surface area (Å²) < 4.78 is 0. The van der Waals surface area contributed by atoms with Crippen LogP contribution in [0.15, 0.2) is 35.1 Å². The molecule has 0 atom stereocenters. The maximum Gasteiger partial charge on any atom is 0.248 e. The lowest BCUT2D eigenvalue weighted by molar-refractivity contribution is 0.463.